The summed E-state index contributed by atoms with van der Waals surface area (Å²) in [5, 5.41) is 0. The van der Waals surface area contributed by atoms with Crippen molar-refractivity contribution in [2.24, 2.45) is 5.73 Å². The molecule has 1 saturated heterocycles. The Morgan fingerprint density at radius 3 is 2.83 bits per heavy atom. The fourth-order valence-corrected chi connectivity index (χ4v) is 3.08. The first kappa shape index (κ1) is 13.4. The summed E-state index contributed by atoms with van der Waals surface area (Å²) in [4.78, 5) is 15.6. The summed E-state index contributed by atoms with van der Waals surface area (Å²) >= 11 is 1.62. The molecule has 0 spiro atoms. The lowest BCUT2D eigenvalue weighted by Crippen LogP contribution is -2.48. The van der Waals surface area contributed by atoms with E-state index in [0.717, 1.165) is 29.8 Å². The molecule has 0 bridgehead atoms. The molecule has 1 heterocycles. The van der Waals surface area contributed by atoms with Crippen molar-refractivity contribution >= 4 is 17.7 Å². The minimum Gasteiger partial charge on any atom is -0.336 e. The Morgan fingerprint density at radius 2 is 2.17 bits per heavy atom. The largest absolute Gasteiger partial charge is 0.336 e. The highest BCUT2D eigenvalue weighted by Gasteiger charge is 2.28. The maximum atomic E-state index is 12.6. The second kappa shape index (κ2) is 5.76. The minimum absolute atomic E-state index is 0.138. The van der Waals surface area contributed by atoms with Crippen LogP contribution in [-0.4, -0.2) is 35.7 Å². The van der Waals surface area contributed by atoms with Gasteiger partial charge in [0.1, 0.15) is 0 Å². The third-order valence-electron chi connectivity index (χ3n) is 3.51. The Labute approximate surface area is 113 Å². The number of piperidine rings is 1. The van der Waals surface area contributed by atoms with E-state index in [0.29, 0.717) is 0 Å². The molecule has 4 heteroatoms. The van der Waals surface area contributed by atoms with E-state index in [1.807, 2.05) is 35.4 Å². The summed E-state index contributed by atoms with van der Waals surface area (Å²) in [6, 6.07) is 8.27. The lowest BCUT2D eigenvalue weighted by Gasteiger charge is -2.36. The third-order valence-corrected chi connectivity index (χ3v) is 4.31. The van der Waals surface area contributed by atoms with Gasteiger partial charge in [-0.1, -0.05) is 12.1 Å². The summed E-state index contributed by atoms with van der Waals surface area (Å²) in [5.41, 5.74) is 6.75. The Morgan fingerprint density at radius 1 is 1.44 bits per heavy atom. The highest BCUT2D eigenvalue weighted by molar-refractivity contribution is 7.98. The average Bonchev–Trinajstić information content (AvgIpc) is 2.38. The van der Waals surface area contributed by atoms with Crippen molar-refractivity contribution in [1.29, 1.82) is 0 Å². The highest BCUT2D eigenvalue weighted by atomic mass is 32.2. The lowest BCUT2D eigenvalue weighted by molar-refractivity contribution is 0.0615. The van der Waals surface area contributed by atoms with Gasteiger partial charge in [-0.15, -0.1) is 11.8 Å². The number of thioether (sulfide) groups is 1. The zero-order chi connectivity index (χ0) is 13.1. The van der Waals surface area contributed by atoms with E-state index >= 15 is 0 Å². The quantitative estimate of drug-likeness (QED) is 0.834. The Balaban J connectivity index is 2.20. The molecule has 0 saturated carbocycles. The summed E-state index contributed by atoms with van der Waals surface area (Å²) in [6.07, 6.45) is 3.80. The number of amides is 1. The van der Waals surface area contributed by atoms with Crippen molar-refractivity contribution in [1.82, 2.24) is 4.90 Å². The van der Waals surface area contributed by atoms with Gasteiger partial charge in [0.15, 0.2) is 0 Å². The van der Waals surface area contributed by atoms with E-state index in [9.17, 15) is 4.79 Å². The van der Waals surface area contributed by atoms with Crippen LogP contribution < -0.4 is 5.73 Å². The number of carbonyl (C=O) groups is 1. The number of nitrogens with zero attached hydrogens (tertiary/aromatic N) is 1. The molecule has 2 N–H and O–H groups in total. The summed E-state index contributed by atoms with van der Waals surface area (Å²) < 4.78 is 0. The molecule has 2 rings (SSSR count). The van der Waals surface area contributed by atoms with Crippen molar-refractivity contribution in [3.8, 4) is 0 Å². The average molecular weight is 264 g/mol. The number of carbonyl (C=O) groups excluding carboxylic acids is 1. The monoisotopic (exact) mass is 264 g/mol. The molecule has 18 heavy (non-hydrogen) atoms. The molecule has 0 radical (unpaired) electrons. The first-order valence-corrected chi connectivity index (χ1v) is 7.55. The zero-order valence-corrected chi connectivity index (χ0v) is 11.7. The van der Waals surface area contributed by atoms with Gasteiger partial charge in [-0.3, -0.25) is 4.79 Å². The van der Waals surface area contributed by atoms with Crippen LogP contribution in [0.25, 0.3) is 0 Å². The predicted octanol–water partition coefficient (Wildman–Crippen LogP) is 2.36. The van der Waals surface area contributed by atoms with E-state index in [-0.39, 0.29) is 18.0 Å². The van der Waals surface area contributed by atoms with Crippen LogP contribution in [0, 0.1) is 0 Å². The predicted molar refractivity (Wildman–Crippen MR) is 75.9 cm³/mol. The van der Waals surface area contributed by atoms with Crippen molar-refractivity contribution in [2.75, 3.05) is 12.8 Å². The first-order valence-electron chi connectivity index (χ1n) is 6.33. The van der Waals surface area contributed by atoms with Crippen LogP contribution >= 0.6 is 11.8 Å². The van der Waals surface area contributed by atoms with Gasteiger partial charge in [-0.25, -0.2) is 0 Å². The van der Waals surface area contributed by atoms with E-state index in [1.54, 1.807) is 11.8 Å². The van der Waals surface area contributed by atoms with Gasteiger partial charge in [0.05, 0.1) is 5.56 Å². The number of likely N-dealkylation sites (tertiary alicyclic amines) is 1. The third kappa shape index (κ3) is 2.70. The molecular formula is C14H20N2OS. The first-order chi connectivity index (χ1) is 8.63. The van der Waals surface area contributed by atoms with Crippen LogP contribution in [0.3, 0.4) is 0 Å². The van der Waals surface area contributed by atoms with Gasteiger partial charge < -0.3 is 10.6 Å². The van der Waals surface area contributed by atoms with Gasteiger partial charge in [0.25, 0.3) is 5.91 Å². The Hall–Kier alpha value is -1.00. The van der Waals surface area contributed by atoms with Crippen LogP contribution in [0.1, 0.15) is 30.1 Å². The molecule has 2 atom stereocenters. The zero-order valence-electron chi connectivity index (χ0n) is 10.9. The lowest BCUT2D eigenvalue weighted by atomic mass is 9.98. The normalized spacial score (nSPS) is 24.1. The van der Waals surface area contributed by atoms with Gasteiger partial charge >= 0.3 is 0 Å². The summed E-state index contributed by atoms with van der Waals surface area (Å²) in [6.45, 7) is 2.85. The fraction of sp³-hybridized carbons (Fsp3) is 0.500. The number of hydrogen-bond acceptors (Lipinski definition) is 3. The van der Waals surface area contributed by atoms with E-state index in [2.05, 4.69) is 6.92 Å². The smallest absolute Gasteiger partial charge is 0.255 e. The summed E-state index contributed by atoms with van der Waals surface area (Å²) in [5.74, 6) is 0.138. The molecule has 1 fully saturated rings. The van der Waals surface area contributed by atoms with Crippen molar-refractivity contribution in [2.45, 2.75) is 36.7 Å². The molecule has 98 valence electrons. The van der Waals surface area contributed by atoms with Crippen molar-refractivity contribution < 1.29 is 4.79 Å². The van der Waals surface area contributed by atoms with Gasteiger partial charge in [0, 0.05) is 23.5 Å². The minimum atomic E-state index is 0.138. The SMILES string of the molecule is CSc1ccccc1C(=O)N1CCC(N)CC1C. The molecule has 2 unspecified atom stereocenters. The van der Waals surface area contributed by atoms with E-state index in [4.69, 9.17) is 5.73 Å². The van der Waals surface area contributed by atoms with Crippen LogP contribution in [0.4, 0.5) is 0 Å². The highest BCUT2D eigenvalue weighted by Crippen LogP contribution is 2.24. The topological polar surface area (TPSA) is 46.3 Å². The Kier molecular flexibility index (Phi) is 4.30. The van der Waals surface area contributed by atoms with Crippen LogP contribution in [-0.2, 0) is 0 Å². The van der Waals surface area contributed by atoms with E-state index in [1.165, 1.54) is 0 Å². The summed E-state index contributed by atoms with van der Waals surface area (Å²) in [7, 11) is 0. The molecule has 3 nitrogen and oxygen atoms in total. The van der Waals surface area contributed by atoms with Crippen molar-refractivity contribution in [3.63, 3.8) is 0 Å². The van der Waals surface area contributed by atoms with Crippen LogP contribution in [0.15, 0.2) is 29.2 Å². The molecular weight excluding hydrogens is 244 g/mol. The number of hydrogen-bond donors (Lipinski definition) is 1. The number of benzene rings is 1. The van der Waals surface area contributed by atoms with Gasteiger partial charge in [-0.2, -0.15) is 0 Å². The molecule has 1 aromatic rings. The second-order valence-electron chi connectivity index (χ2n) is 4.83. The number of nitrogens with two attached hydrogens (primary N) is 1. The van der Waals surface area contributed by atoms with Crippen LogP contribution in [0.2, 0.25) is 0 Å². The molecule has 1 aliphatic rings. The molecule has 1 aromatic carbocycles. The number of rotatable bonds is 2. The van der Waals surface area contributed by atoms with Crippen LogP contribution in [0.5, 0.6) is 0 Å². The Bertz CT molecular complexity index is 436. The molecule has 0 aliphatic carbocycles. The maximum Gasteiger partial charge on any atom is 0.255 e. The molecule has 1 amide bonds. The van der Waals surface area contributed by atoms with Crippen molar-refractivity contribution in [3.05, 3.63) is 29.8 Å². The second-order valence-corrected chi connectivity index (χ2v) is 5.68. The standard InChI is InChI=1S/C14H20N2OS/c1-10-9-11(15)7-8-16(10)14(17)12-5-3-4-6-13(12)18-2/h3-6,10-11H,7-9,15H2,1-2H3. The molecule has 1 aliphatic heterocycles. The van der Waals surface area contributed by atoms with Gasteiger partial charge in [-0.05, 0) is 38.2 Å². The van der Waals surface area contributed by atoms with E-state index < -0.39 is 0 Å². The molecule has 0 aromatic heterocycles. The van der Waals surface area contributed by atoms with Gasteiger partial charge in [0.2, 0.25) is 0 Å². The fourth-order valence-electron chi connectivity index (χ4n) is 2.49. The maximum absolute atomic E-state index is 12.6.